The van der Waals surface area contributed by atoms with Crippen LogP contribution in [0.15, 0.2) is 60.7 Å². The second kappa shape index (κ2) is 16.4. The van der Waals surface area contributed by atoms with Gasteiger partial charge in [-0.1, -0.05) is 89.8 Å². The number of quaternary nitrogens is 1. The van der Waals surface area contributed by atoms with Crippen LogP contribution in [0.3, 0.4) is 0 Å². The summed E-state index contributed by atoms with van der Waals surface area (Å²) < 4.78 is 34.0. The van der Waals surface area contributed by atoms with Gasteiger partial charge in [0.2, 0.25) is 5.69 Å². The van der Waals surface area contributed by atoms with Crippen molar-refractivity contribution in [2.24, 2.45) is 0 Å². The fourth-order valence-corrected chi connectivity index (χ4v) is 5.46. The molecule has 0 unspecified atom stereocenters. The zero-order valence-electron chi connectivity index (χ0n) is 23.5. The molecule has 3 aromatic rings. The molecule has 0 fully saturated rings. The Morgan fingerprint density at radius 2 is 0.868 bits per heavy atom. The molecular weight excluding hydrogens is 579 g/mol. The van der Waals surface area contributed by atoms with Gasteiger partial charge < -0.3 is 0 Å². The van der Waals surface area contributed by atoms with Crippen molar-refractivity contribution in [2.45, 2.75) is 105 Å². The molecule has 3 rings (SSSR count). The first-order chi connectivity index (χ1) is 18.0. The number of benzene rings is 3. The van der Waals surface area contributed by atoms with Crippen molar-refractivity contribution in [1.29, 1.82) is 0 Å². The van der Waals surface area contributed by atoms with Gasteiger partial charge in [0.05, 0.1) is 0 Å². The third kappa shape index (κ3) is 7.27. The molecule has 0 spiro atoms. The van der Waals surface area contributed by atoms with Gasteiger partial charge in [-0.25, -0.2) is 0 Å². The average Bonchev–Trinajstić information content (AvgIpc) is 2.94. The van der Waals surface area contributed by atoms with Crippen molar-refractivity contribution in [3.8, 4) is 0 Å². The Balaban J connectivity index is 0.00000507. The number of nitrogens with zero attached hydrogens (tertiary/aromatic N) is 1. The monoisotopic (exact) mass is 630 g/mol. The Hall–Kier alpha value is -1.72. The minimum atomic E-state index is -1.14. The first-order valence-corrected chi connectivity index (χ1v) is 14.6. The summed E-state index contributed by atoms with van der Waals surface area (Å²) in [5, 5.41) is 0. The van der Waals surface area contributed by atoms with Gasteiger partial charge in [-0.3, -0.25) is 0 Å². The van der Waals surface area contributed by atoms with Crippen LogP contribution in [-0.4, -0.2) is 23.9 Å². The van der Waals surface area contributed by atoms with Gasteiger partial charge in [-0.15, -0.1) is 0 Å². The summed E-state index contributed by atoms with van der Waals surface area (Å²) >= 11 is 0. The van der Waals surface area contributed by atoms with E-state index in [1.165, 1.54) is 11.1 Å². The summed E-state index contributed by atoms with van der Waals surface area (Å²) in [5.74, 6) is -0.332. The van der Waals surface area contributed by atoms with Gasteiger partial charge >= 0.3 is 23.9 Å². The van der Waals surface area contributed by atoms with E-state index in [4.69, 9.17) is 0 Å². The van der Waals surface area contributed by atoms with Crippen LogP contribution in [0.1, 0.15) is 101 Å². The molecule has 0 atom stereocenters. The maximum absolute atomic E-state index is 18.0. The number of rotatable bonds is 15. The molecular formula is C34H50F2NSn+. The number of halogens is 2. The summed E-state index contributed by atoms with van der Waals surface area (Å²) in [4.78, 5) is 0. The molecule has 0 heterocycles. The third-order valence-corrected chi connectivity index (χ3v) is 7.50. The molecule has 3 aromatic carbocycles. The fraction of sp³-hybridized carbons (Fsp3) is 0.471. The first-order valence-electron chi connectivity index (χ1n) is 14.6. The van der Waals surface area contributed by atoms with Gasteiger partial charge in [-0.05, 0) is 72.8 Å². The third-order valence-electron chi connectivity index (χ3n) is 7.50. The van der Waals surface area contributed by atoms with Gasteiger partial charge in [-0.2, -0.15) is 4.39 Å². The van der Waals surface area contributed by atoms with Crippen molar-refractivity contribution in [3.63, 3.8) is 0 Å². The van der Waals surface area contributed by atoms with E-state index >= 15 is 8.87 Å². The predicted octanol–water partition coefficient (Wildman–Crippen LogP) is 9.60. The Bertz CT molecular complexity index is 1060. The molecule has 0 N–H and O–H groups in total. The van der Waals surface area contributed by atoms with Gasteiger partial charge in [0, 0.05) is 34.3 Å². The van der Waals surface area contributed by atoms with Crippen LogP contribution >= 0.6 is 0 Å². The van der Waals surface area contributed by atoms with Crippen LogP contribution in [0.4, 0.5) is 25.9 Å². The summed E-state index contributed by atoms with van der Waals surface area (Å²) in [6, 6.07) is 18.3. The maximum atomic E-state index is 18.0. The van der Waals surface area contributed by atoms with Crippen molar-refractivity contribution in [1.82, 2.24) is 4.71 Å². The first kappa shape index (κ1) is 32.5. The number of para-hydroxylation sites is 2. The van der Waals surface area contributed by atoms with E-state index in [9.17, 15) is 0 Å². The molecule has 0 aromatic heterocycles. The molecule has 38 heavy (non-hydrogen) atoms. The van der Waals surface area contributed by atoms with Crippen LogP contribution in [0, 0.1) is 5.82 Å². The van der Waals surface area contributed by atoms with Crippen LogP contribution < -0.4 is 4.71 Å². The molecule has 0 radical (unpaired) electrons. The van der Waals surface area contributed by atoms with E-state index in [0.717, 1.165) is 75.3 Å². The molecule has 1 nitrogen and oxygen atoms in total. The zero-order valence-corrected chi connectivity index (χ0v) is 23.5. The minimum absolute atomic E-state index is 0. The van der Waals surface area contributed by atoms with Crippen LogP contribution in [0.25, 0.3) is 0 Å². The average molecular weight is 629 g/mol. The summed E-state index contributed by atoms with van der Waals surface area (Å²) in [6.45, 7) is 8.68. The van der Waals surface area contributed by atoms with Crippen molar-refractivity contribution in [3.05, 3.63) is 88.7 Å². The molecule has 0 saturated carbocycles. The van der Waals surface area contributed by atoms with E-state index in [2.05, 4.69) is 27.7 Å². The van der Waals surface area contributed by atoms with Crippen LogP contribution in [0.5, 0.6) is 0 Å². The zero-order chi connectivity index (χ0) is 26.7. The normalized spacial score (nSPS) is 11.4. The number of unbranched alkanes of at least 4 members (excludes halogenated alkanes) is 4. The Labute approximate surface area is 247 Å². The van der Waals surface area contributed by atoms with Gasteiger partial charge in [0.15, 0.2) is 17.2 Å². The summed E-state index contributed by atoms with van der Waals surface area (Å²) in [6.07, 6.45) is 11.1. The standard InChI is InChI=1S/C34H46F2N.Sn.4H/c1-5-9-23-29-30(24-10-6-2)32(26-12-8-4)34(33(35)31(29)25-11-7-3)37(36,27-19-15-13-16-20-27)28-21-17-14-18-22-28;;;;;/h13-22H,5-12,23-26H2,1-4H3;;;;;/q+1;;;;;. The van der Waals surface area contributed by atoms with Crippen molar-refractivity contribution >= 4 is 41.0 Å². The molecule has 0 bridgehead atoms. The van der Waals surface area contributed by atoms with E-state index in [-0.39, 0.29) is 35.4 Å². The van der Waals surface area contributed by atoms with Gasteiger partial charge in [0.1, 0.15) is 0 Å². The molecule has 0 saturated heterocycles. The molecule has 208 valence electrons. The van der Waals surface area contributed by atoms with E-state index < -0.39 is 4.71 Å². The van der Waals surface area contributed by atoms with E-state index in [1.54, 1.807) is 24.3 Å². The quantitative estimate of drug-likeness (QED) is 0.116. The summed E-state index contributed by atoms with van der Waals surface area (Å²) in [7, 11) is 0. The second-order valence-corrected chi connectivity index (χ2v) is 10.3. The van der Waals surface area contributed by atoms with Crippen LogP contribution in [0.2, 0.25) is 0 Å². The SMILES string of the molecule is CCCCc1c(F)c([N+](F)(c2ccccc2)c2ccccc2)c(CCCC)c(CCCC)c1CCCC.[SnH4]. The van der Waals surface area contributed by atoms with Crippen LogP contribution in [-0.2, 0) is 25.7 Å². The van der Waals surface area contributed by atoms with Crippen molar-refractivity contribution < 1.29 is 8.87 Å². The number of hydrogen-bond acceptors (Lipinski definition) is 0. The second-order valence-electron chi connectivity index (χ2n) is 10.3. The number of hydrogen-bond donors (Lipinski definition) is 0. The predicted molar refractivity (Wildman–Crippen MR) is 167 cm³/mol. The van der Waals surface area contributed by atoms with Gasteiger partial charge in [0.25, 0.3) is 0 Å². The molecule has 0 aliphatic heterocycles. The molecule has 4 heteroatoms. The van der Waals surface area contributed by atoms with Crippen molar-refractivity contribution in [2.75, 3.05) is 0 Å². The van der Waals surface area contributed by atoms with E-state index in [0.29, 0.717) is 24.2 Å². The fourth-order valence-electron chi connectivity index (χ4n) is 5.46. The Morgan fingerprint density at radius 3 is 1.26 bits per heavy atom. The topological polar surface area (TPSA) is 0 Å². The Morgan fingerprint density at radius 1 is 0.526 bits per heavy atom. The molecule has 0 amide bonds. The molecule has 0 aliphatic carbocycles. The summed E-state index contributed by atoms with van der Waals surface area (Å²) in [5.41, 5.74) is 5.13. The van der Waals surface area contributed by atoms with E-state index in [1.807, 2.05) is 36.4 Å². The Kier molecular flexibility index (Phi) is 14.0. The molecule has 0 aliphatic rings.